The lowest BCUT2D eigenvalue weighted by atomic mass is 10.1. The lowest BCUT2D eigenvalue weighted by molar-refractivity contribution is 0.0949. The van der Waals surface area contributed by atoms with E-state index in [2.05, 4.69) is 61.8 Å². The number of hydrogen-bond donors (Lipinski definition) is 1. The van der Waals surface area contributed by atoms with Gasteiger partial charge in [-0.3, -0.25) is 4.79 Å². The number of aliphatic imine (C=N–C) groups is 1. The zero-order chi connectivity index (χ0) is 25.7. The smallest absolute Gasteiger partial charge is 0.251 e. The third-order valence-electron chi connectivity index (χ3n) is 4.56. The first-order valence-electron chi connectivity index (χ1n) is 12.4. The number of nitrogens with one attached hydrogen (secondary N) is 1. The number of fused-ring (bicyclic) bond motifs is 2. The van der Waals surface area contributed by atoms with Gasteiger partial charge in [0.1, 0.15) is 0 Å². The monoisotopic (exact) mass is 496 g/mol. The van der Waals surface area contributed by atoms with Crippen molar-refractivity contribution in [1.82, 2.24) is 5.32 Å². The molecule has 34 heavy (non-hydrogen) atoms. The van der Waals surface area contributed by atoms with E-state index in [4.69, 9.17) is 4.99 Å². The quantitative estimate of drug-likeness (QED) is 0.306. The summed E-state index contributed by atoms with van der Waals surface area (Å²) in [5.74, 6) is 0.369. The standard InChI is InChI=1S/C23H22N2OS2.3C2H6/c1-14(2)13-24-23(26)16-8-9-20-18(12-16)25-21(22-15(3)10-11-27-22)17-6-4-5-7-19(17)28-20;3*1-2/h4-12,14H,13H2,1-3H3,(H,24,26);3*1-2H3. The fourth-order valence-corrected chi connectivity index (χ4v) is 5.00. The van der Waals surface area contributed by atoms with Gasteiger partial charge in [0, 0.05) is 27.5 Å². The van der Waals surface area contributed by atoms with E-state index in [1.54, 1.807) is 23.1 Å². The summed E-state index contributed by atoms with van der Waals surface area (Å²) < 4.78 is 0. The first-order chi connectivity index (χ1) is 16.5. The van der Waals surface area contributed by atoms with Crippen molar-refractivity contribution < 1.29 is 4.79 Å². The Morgan fingerprint density at radius 2 is 1.62 bits per heavy atom. The molecule has 2 heterocycles. The summed E-state index contributed by atoms with van der Waals surface area (Å²) in [7, 11) is 0. The normalized spacial score (nSPS) is 11.1. The molecule has 0 unspecified atom stereocenters. The van der Waals surface area contributed by atoms with Crippen molar-refractivity contribution in [2.45, 2.75) is 72.1 Å². The summed E-state index contributed by atoms with van der Waals surface area (Å²) >= 11 is 3.41. The highest BCUT2D eigenvalue weighted by atomic mass is 32.2. The molecule has 0 fully saturated rings. The molecule has 4 rings (SSSR count). The van der Waals surface area contributed by atoms with E-state index in [9.17, 15) is 4.79 Å². The van der Waals surface area contributed by atoms with Crippen molar-refractivity contribution >= 4 is 40.4 Å². The van der Waals surface area contributed by atoms with Crippen LogP contribution in [0.5, 0.6) is 0 Å². The SMILES string of the molecule is CC.CC.CC.Cc1ccsc1C1=Nc2cc(C(=O)NCC(C)C)ccc2Sc2ccccc21. The second-order valence-corrected chi connectivity index (χ2v) is 9.28. The molecule has 0 atom stereocenters. The van der Waals surface area contributed by atoms with Crippen molar-refractivity contribution in [2.24, 2.45) is 10.9 Å². The molecule has 1 amide bonds. The minimum absolute atomic E-state index is 0.0488. The molecule has 3 nitrogen and oxygen atoms in total. The molecule has 5 heteroatoms. The van der Waals surface area contributed by atoms with Crippen LogP contribution >= 0.6 is 23.1 Å². The van der Waals surface area contributed by atoms with Crippen LogP contribution in [-0.4, -0.2) is 18.2 Å². The number of nitrogens with zero attached hydrogens (tertiary/aromatic N) is 1. The Morgan fingerprint density at radius 1 is 0.941 bits per heavy atom. The Kier molecular flexibility index (Phi) is 13.5. The Bertz CT molecular complexity index is 1070. The lowest BCUT2D eigenvalue weighted by Gasteiger charge is -2.09. The van der Waals surface area contributed by atoms with E-state index in [0.717, 1.165) is 21.9 Å². The average molecular weight is 497 g/mol. The van der Waals surface area contributed by atoms with Gasteiger partial charge in [0.25, 0.3) is 5.91 Å². The van der Waals surface area contributed by atoms with Crippen molar-refractivity contribution in [1.29, 1.82) is 0 Å². The van der Waals surface area contributed by atoms with Gasteiger partial charge in [-0.25, -0.2) is 4.99 Å². The van der Waals surface area contributed by atoms with Crippen molar-refractivity contribution in [2.75, 3.05) is 6.54 Å². The van der Waals surface area contributed by atoms with E-state index in [1.807, 2.05) is 59.7 Å². The van der Waals surface area contributed by atoms with Crippen LogP contribution in [0.25, 0.3) is 0 Å². The predicted octanol–water partition coefficient (Wildman–Crippen LogP) is 9.15. The summed E-state index contributed by atoms with van der Waals surface area (Å²) in [5.41, 5.74) is 4.84. The number of thiophene rings is 1. The van der Waals surface area contributed by atoms with Crippen LogP contribution in [0.4, 0.5) is 5.69 Å². The highest BCUT2D eigenvalue weighted by Crippen LogP contribution is 2.42. The molecule has 1 aliphatic heterocycles. The van der Waals surface area contributed by atoms with Gasteiger partial charge in [-0.15, -0.1) is 11.3 Å². The van der Waals surface area contributed by atoms with Gasteiger partial charge in [-0.1, -0.05) is 85.4 Å². The minimum Gasteiger partial charge on any atom is -0.352 e. The maximum atomic E-state index is 12.5. The fraction of sp³-hybridized carbons (Fsp3) is 0.379. The van der Waals surface area contributed by atoms with E-state index >= 15 is 0 Å². The predicted molar refractivity (Wildman–Crippen MR) is 153 cm³/mol. The third kappa shape index (κ3) is 7.57. The number of benzene rings is 2. The molecule has 0 saturated carbocycles. The highest BCUT2D eigenvalue weighted by Gasteiger charge is 2.21. The maximum absolute atomic E-state index is 12.5. The molecule has 2 aromatic carbocycles. The number of aryl methyl sites for hydroxylation is 1. The molecule has 0 aliphatic carbocycles. The second-order valence-electron chi connectivity index (χ2n) is 7.28. The van der Waals surface area contributed by atoms with Gasteiger partial charge < -0.3 is 5.32 Å². The van der Waals surface area contributed by atoms with E-state index in [-0.39, 0.29) is 5.91 Å². The van der Waals surface area contributed by atoms with Crippen molar-refractivity contribution in [3.05, 3.63) is 75.5 Å². The molecule has 0 spiro atoms. The fourth-order valence-electron chi connectivity index (χ4n) is 3.07. The van der Waals surface area contributed by atoms with Crippen molar-refractivity contribution in [3.63, 3.8) is 0 Å². The maximum Gasteiger partial charge on any atom is 0.251 e. The first kappa shape index (κ1) is 29.7. The Balaban J connectivity index is 0.000000894. The molecule has 1 N–H and O–H groups in total. The number of carbonyl (C=O) groups excluding carboxylic acids is 1. The van der Waals surface area contributed by atoms with Crippen LogP contribution < -0.4 is 5.32 Å². The number of rotatable bonds is 4. The molecule has 184 valence electrons. The summed E-state index contributed by atoms with van der Waals surface area (Å²) in [6, 6.07) is 16.3. The van der Waals surface area contributed by atoms with E-state index in [0.29, 0.717) is 18.0 Å². The molecular weight excluding hydrogens is 456 g/mol. The summed E-state index contributed by atoms with van der Waals surface area (Å²) in [5, 5.41) is 5.10. The molecule has 3 aromatic rings. The van der Waals surface area contributed by atoms with Gasteiger partial charge >= 0.3 is 0 Å². The molecule has 0 bridgehead atoms. The number of carbonyl (C=O) groups is 1. The molecular formula is C29H40N2OS2. The third-order valence-corrected chi connectivity index (χ3v) is 6.73. The van der Waals surface area contributed by atoms with Crippen LogP contribution in [0.3, 0.4) is 0 Å². The molecule has 0 saturated heterocycles. The van der Waals surface area contributed by atoms with Crippen LogP contribution in [0.2, 0.25) is 0 Å². The Morgan fingerprint density at radius 3 is 2.24 bits per heavy atom. The van der Waals surface area contributed by atoms with Crippen LogP contribution in [-0.2, 0) is 0 Å². The van der Waals surface area contributed by atoms with Crippen LogP contribution in [0, 0.1) is 12.8 Å². The summed E-state index contributed by atoms with van der Waals surface area (Å²) in [6.07, 6.45) is 0. The van der Waals surface area contributed by atoms with E-state index < -0.39 is 0 Å². The van der Waals surface area contributed by atoms with Gasteiger partial charge in [0.05, 0.1) is 16.3 Å². The van der Waals surface area contributed by atoms with Crippen molar-refractivity contribution in [3.8, 4) is 0 Å². The van der Waals surface area contributed by atoms with Gasteiger partial charge in [-0.05, 0) is 54.1 Å². The Labute approximate surface area is 215 Å². The molecule has 0 radical (unpaired) electrons. The second kappa shape index (κ2) is 15.5. The molecule has 1 aliphatic rings. The minimum atomic E-state index is -0.0488. The first-order valence-corrected chi connectivity index (χ1v) is 14.0. The zero-order valence-corrected chi connectivity index (χ0v) is 23.8. The highest BCUT2D eigenvalue weighted by molar-refractivity contribution is 7.99. The van der Waals surface area contributed by atoms with Gasteiger partial charge in [0.2, 0.25) is 0 Å². The van der Waals surface area contributed by atoms with Crippen LogP contribution in [0.1, 0.15) is 81.8 Å². The van der Waals surface area contributed by atoms with E-state index in [1.165, 1.54) is 15.3 Å². The Hall–Kier alpha value is -2.37. The topological polar surface area (TPSA) is 41.5 Å². The number of amides is 1. The number of hydrogen-bond acceptors (Lipinski definition) is 4. The van der Waals surface area contributed by atoms with Gasteiger partial charge in [0.15, 0.2) is 0 Å². The average Bonchev–Trinajstić information content (AvgIpc) is 3.23. The van der Waals surface area contributed by atoms with Gasteiger partial charge in [-0.2, -0.15) is 0 Å². The largest absolute Gasteiger partial charge is 0.352 e. The summed E-state index contributed by atoms with van der Waals surface area (Å²) in [4.78, 5) is 21.0. The summed E-state index contributed by atoms with van der Waals surface area (Å²) in [6.45, 7) is 19.0. The van der Waals surface area contributed by atoms with Crippen LogP contribution in [0.15, 0.2) is 68.7 Å². The lowest BCUT2D eigenvalue weighted by Crippen LogP contribution is -2.27. The molecule has 1 aromatic heterocycles. The zero-order valence-electron chi connectivity index (χ0n) is 22.2.